The Hall–Kier alpha value is -2.41. The first kappa shape index (κ1) is 19.4. The number of amides is 1. The molecule has 0 radical (unpaired) electrons. The molecule has 0 saturated carbocycles. The van der Waals surface area contributed by atoms with Crippen LogP contribution in [0.4, 0.5) is 5.69 Å². The Balaban J connectivity index is 1.76. The molecule has 2 aromatic rings. The Morgan fingerprint density at radius 2 is 1.96 bits per heavy atom. The SMILES string of the molecule is CCN(Cc1ccccc1)C(=O)c1cc(N(C)C2CCS(=O)(=O)C2)ccn1. The smallest absolute Gasteiger partial charge is 0.272 e. The molecule has 2 heterocycles. The summed E-state index contributed by atoms with van der Waals surface area (Å²) in [6.45, 7) is 3.05. The van der Waals surface area contributed by atoms with Gasteiger partial charge in [0.2, 0.25) is 0 Å². The van der Waals surface area contributed by atoms with Crippen LogP contribution in [0.15, 0.2) is 48.7 Å². The molecule has 27 heavy (non-hydrogen) atoms. The van der Waals surface area contributed by atoms with Gasteiger partial charge in [0.15, 0.2) is 9.84 Å². The Morgan fingerprint density at radius 1 is 1.22 bits per heavy atom. The number of benzene rings is 1. The molecule has 6 nitrogen and oxygen atoms in total. The van der Waals surface area contributed by atoms with Crippen LogP contribution in [0.25, 0.3) is 0 Å². The lowest BCUT2D eigenvalue weighted by Crippen LogP contribution is -2.33. The average Bonchev–Trinajstić information content (AvgIpc) is 3.05. The van der Waals surface area contributed by atoms with Crippen LogP contribution < -0.4 is 4.90 Å². The zero-order valence-electron chi connectivity index (χ0n) is 15.7. The molecule has 0 aliphatic carbocycles. The highest BCUT2D eigenvalue weighted by molar-refractivity contribution is 7.91. The lowest BCUT2D eigenvalue weighted by Gasteiger charge is -2.26. The van der Waals surface area contributed by atoms with Crippen molar-refractivity contribution in [3.63, 3.8) is 0 Å². The van der Waals surface area contributed by atoms with E-state index in [1.807, 2.05) is 55.3 Å². The van der Waals surface area contributed by atoms with Crippen molar-refractivity contribution in [3.05, 3.63) is 59.9 Å². The minimum atomic E-state index is -2.96. The van der Waals surface area contributed by atoms with Crippen molar-refractivity contribution in [2.24, 2.45) is 0 Å². The van der Waals surface area contributed by atoms with E-state index in [0.717, 1.165) is 11.3 Å². The molecule has 1 aliphatic rings. The maximum atomic E-state index is 12.9. The highest BCUT2D eigenvalue weighted by Crippen LogP contribution is 2.23. The summed E-state index contributed by atoms with van der Waals surface area (Å²) in [5, 5.41) is 0. The van der Waals surface area contributed by atoms with E-state index in [4.69, 9.17) is 0 Å². The van der Waals surface area contributed by atoms with Crippen LogP contribution >= 0.6 is 0 Å². The fourth-order valence-corrected chi connectivity index (χ4v) is 5.11. The van der Waals surface area contributed by atoms with Crippen molar-refractivity contribution in [1.29, 1.82) is 0 Å². The molecule has 1 aromatic heterocycles. The Labute approximate surface area is 160 Å². The van der Waals surface area contributed by atoms with Crippen LogP contribution in [-0.2, 0) is 16.4 Å². The van der Waals surface area contributed by atoms with Gasteiger partial charge in [0.1, 0.15) is 5.69 Å². The second-order valence-electron chi connectivity index (χ2n) is 6.87. The fraction of sp³-hybridized carbons (Fsp3) is 0.400. The molecule has 3 rings (SSSR count). The number of rotatable bonds is 6. The predicted octanol–water partition coefficient (Wildman–Crippen LogP) is 2.37. The predicted molar refractivity (Wildman–Crippen MR) is 107 cm³/mol. The van der Waals surface area contributed by atoms with E-state index in [2.05, 4.69) is 4.98 Å². The van der Waals surface area contributed by atoms with Gasteiger partial charge in [-0.15, -0.1) is 0 Å². The van der Waals surface area contributed by atoms with Crippen molar-refractivity contribution in [2.45, 2.75) is 25.9 Å². The Bertz CT molecular complexity index is 900. The van der Waals surface area contributed by atoms with Crippen molar-refractivity contribution in [1.82, 2.24) is 9.88 Å². The van der Waals surface area contributed by atoms with Gasteiger partial charge in [-0.25, -0.2) is 8.42 Å². The molecule has 1 atom stereocenters. The second-order valence-corrected chi connectivity index (χ2v) is 9.10. The van der Waals surface area contributed by atoms with Crippen molar-refractivity contribution in [2.75, 3.05) is 30.0 Å². The summed E-state index contributed by atoms with van der Waals surface area (Å²) in [5.41, 5.74) is 2.25. The van der Waals surface area contributed by atoms with Crippen molar-refractivity contribution in [3.8, 4) is 0 Å². The monoisotopic (exact) mass is 387 g/mol. The lowest BCUT2D eigenvalue weighted by atomic mass is 10.2. The van der Waals surface area contributed by atoms with Crippen LogP contribution in [0.1, 0.15) is 29.4 Å². The number of pyridine rings is 1. The summed E-state index contributed by atoms with van der Waals surface area (Å²) >= 11 is 0. The molecule has 1 saturated heterocycles. The number of hydrogen-bond acceptors (Lipinski definition) is 5. The fourth-order valence-electron chi connectivity index (χ4n) is 3.34. The zero-order chi connectivity index (χ0) is 19.4. The summed E-state index contributed by atoms with van der Waals surface area (Å²) in [6.07, 6.45) is 2.22. The standard InChI is InChI=1S/C20H25N3O3S/c1-3-23(14-16-7-5-4-6-8-16)20(24)19-13-17(9-11-21-19)22(2)18-10-12-27(25,26)15-18/h4-9,11,13,18H,3,10,12,14-15H2,1-2H3. The maximum absolute atomic E-state index is 12.9. The number of sulfone groups is 1. The van der Waals surface area contributed by atoms with E-state index >= 15 is 0 Å². The van der Waals surface area contributed by atoms with E-state index in [1.54, 1.807) is 17.2 Å². The molecule has 7 heteroatoms. The second kappa shape index (κ2) is 8.08. The van der Waals surface area contributed by atoms with Gasteiger partial charge >= 0.3 is 0 Å². The summed E-state index contributed by atoms with van der Waals surface area (Å²) < 4.78 is 23.5. The van der Waals surface area contributed by atoms with E-state index in [9.17, 15) is 13.2 Å². The highest BCUT2D eigenvalue weighted by Gasteiger charge is 2.31. The van der Waals surface area contributed by atoms with Crippen LogP contribution in [0.5, 0.6) is 0 Å². The first-order valence-corrected chi connectivity index (χ1v) is 10.9. The Kier molecular flexibility index (Phi) is 5.79. The van der Waals surface area contributed by atoms with E-state index in [1.165, 1.54) is 0 Å². The van der Waals surface area contributed by atoms with E-state index in [-0.39, 0.29) is 23.5 Å². The molecule has 1 aliphatic heterocycles. The highest BCUT2D eigenvalue weighted by atomic mass is 32.2. The molecule has 1 unspecified atom stereocenters. The van der Waals surface area contributed by atoms with Gasteiger partial charge in [-0.05, 0) is 31.0 Å². The first-order valence-electron chi connectivity index (χ1n) is 9.12. The third-order valence-electron chi connectivity index (χ3n) is 5.01. The molecular weight excluding hydrogens is 362 g/mol. The van der Waals surface area contributed by atoms with Gasteiger partial charge in [-0.1, -0.05) is 30.3 Å². The zero-order valence-corrected chi connectivity index (χ0v) is 16.5. The summed E-state index contributed by atoms with van der Waals surface area (Å²) in [4.78, 5) is 20.9. The molecular formula is C20H25N3O3S. The van der Waals surface area contributed by atoms with E-state index in [0.29, 0.717) is 25.2 Å². The van der Waals surface area contributed by atoms with Crippen molar-refractivity contribution >= 4 is 21.4 Å². The third-order valence-corrected chi connectivity index (χ3v) is 6.76. The number of carbonyl (C=O) groups is 1. The van der Waals surface area contributed by atoms with Gasteiger partial charge in [0.05, 0.1) is 11.5 Å². The molecule has 144 valence electrons. The summed E-state index contributed by atoms with van der Waals surface area (Å²) in [5.74, 6) is 0.250. The number of carbonyl (C=O) groups excluding carboxylic acids is 1. The lowest BCUT2D eigenvalue weighted by molar-refractivity contribution is 0.0746. The van der Waals surface area contributed by atoms with E-state index < -0.39 is 9.84 Å². The topological polar surface area (TPSA) is 70.6 Å². The molecule has 0 bridgehead atoms. The normalized spacial score (nSPS) is 18.2. The third kappa shape index (κ3) is 4.66. The van der Waals surface area contributed by atoms with Gasteiger partial charge in [-0.3, -0.25) is 9.78 Å². The molecule has 0 N–H and O–H groups in total. The van der Waals surface area contributed by atoms with Crippen LogP contribution in [-0.4, -0.2) is 55.3 Å². The minimum Gasteiger partial charge on any atom is -0.370 e. The van der Waals surface area contributed by atoms with Gasteiger partial charge < -0.3 is 9.80 Å². The maximum Gasteiger partial charge on any atom is 0.272 e. The van der Waals surface area contributed by atoms with Crippen LogP contribution in [0, 0.1) is 0 Å². The molecule has 0 spiro atoms. The number of hydrogen-bond donors (Lipinski definition) is 0. The Morgan fingerprint density at radius 3 is 2.59 bits per heavy atom. The molecule has 1 fully saturated rings. The van der Waals surface area contributed by atoms with Crippen molar-refractivity contribution < 1.29 is 13.2 Å². The number of nitrogens with zero attached hydrogens (tertiary/aromatic N) is 3. The number of aromatic nitrogens is 1. The van der Waals surface area contributed by atoms with Crippen LogP contribution in [0.2, 0.25) is 0 Å². The summed E-state index contributed by atoms with van der Waals surface area (Å²) in [7, 11) is -1.09. The minimum absolute atomic E-state index is 0.0630. The summed E-state index contributed by atoms with van der Waals surface area (Å²) in [6, 6.07) is 13.4. The quantitative estimate of drug-likeness (QED) is 0.761. The first-order chi connectivity index (χ1) is 12.9. The van der Waals surface area contributed by atoms with Gasteiger partial charge in [-0.2, -0.15) is 0 Å². The van der Waals surface area contributed by atoms with Gasteiger partial charge in [0.25, 0.3) is 5.91 Å². The molecule has 1 aromatic carbocycles. The molecule has 1 amide bonds. The largest absolute Gasteiger partial charge is 0.370 e. The van der Waals surface area contributed by atoms with Gasteiger partial charge in [0, 0.05) is 38.1 Å². The average molecular weight is 388 g/mol. The van der Waals surface area contributed by atoms with Crippen LogP contribution in [0.3, 0.4) is 0 Å². The number of anilines is 1.